The van der Waals surface area contributed by atoms with Gasteiger partial charge in [0.05, 0.1) is 11.0 Å². The fraction of sp³-hybridized carbons (Fsp3) is 0.278. The standard InChI is InChI=1S/C18H21N3O3/c1-18(2,3)16(13-8-5-4-6-9-13)20-17(22)19-14-10-7-11-15(12-14)21(23)24/h4-12,16H,1-3H3,(H2,19,20,22)/t16-/m0/s1. The summed E-state index contributed by atoms with van der Waals surface area (Å²) in [5.74, 6) is 0. The Bertz CT molecular complexity index is 724. The van der Waals surface area contributed by atoms with Gasteiger partial charge in [-0.05, 0) is 17.0 Å². The molecular weight excluding hydrogens is 306 g/mol. The van der Waals surface area contributed by atoms with Crippen LogP contribution in [0.2, 0.25) is 0 Å². The van der Waals surface area contributed by atoms with Gasteiger partial charge in [0.2, 0.25) is 0 Å². The average molecular weight is 327 g/mol. The van der Waals surface area contributed by atoms with E-state index < -0.39 is 11.0 Å². The van der Waals surface area contributed by atoms with Gasteiger partial charge in [0.1, 0.15) is 0 Å². The van der Waals surface area contributed by atoms with E-state index in [0.717, 1.165) is 5.56 Å². The molecule has 2 aromatic carbocycles. The maximum atomic E-state index is 12.3. The molecule has 24 heavy (non-hydrogen) atoms. The summed E-state index contributed by atoms with van der Waals surface area (Å²) < 4.78 is 0. The molecule has 2 N–H and O–H groups in total. The first-order valence-corrected chi connectivity index (χ1v) is 7.64. The molecule has 2 rings (SSSR count). The molecule has 0 spiro atoms. The third kappa shape index (κ3) is 4.55. The number of carbonyl (C=O) groups excluding carboxylic acids is 1. The molecule has 0 unspecified atom stereocenters. The summed E-state index contributed by atoms with van der Waals surface area (Å²) in [7, 11) is 0. The third-order valence-electron chi connectivity index (χ3n) is 3.59. The van der Waals surface area contributed by atoms with Crippen LogP contribution >= 0.6 is 0 Å². The van der Waals surface area contributed by atoms with Crippen molar-refractivity contribution in [1.82, 2.24) is 5.32 Å². The van der Waals surface area contributed by atoms with Crippen LogP contribution in [-0.4, -0.2) is 11.0 Å². The zero-order valence-corrected chi connectivity index (χ0v) is 13.9. The van der Waals surface area contributed by atoms with Crippen LogP contribution in [0.3, 0.4) is 0 Å². The molecule has 2 amide bonds. The number of urea groups is 1. The molecule has 0 aliphatic carbocycles. The molecule has 126 valence electrons. The van der Waals surface area contributed by atoms with E-state index >= 15 is 0 Å². The Balaban J connectivity index is 2.14. The second-order valence-corrected chi connectivity index (χ2v) is 6.62. The molecule has 0 bridgehead atoms. The van der Waals surface area contributed by atoms with E-state index in [1.807, 2.05) is 51.1 Å². The van der Waals surface area contributed by atoms with E-state index in [1.54, 1.807) is 6.07 Å². The van der Waals surface area contributed by atoms with Crippen LogP contribution in [0.5, 0.6) is 0 Å². The largest absolute Gasteiger partial charge is 0.331 e. The molecule has 0 aromatic heterocycles. The highest BCUT2D eigenvalue weighted by Crippen LogP contribution is 2.32. The van der Waals surface area contributed by atoms with Gasteiger partial charge in [-0.1, -0.05) is 57.2 Å². The lowest BCUT2D eigenvalue weighted by molar-refractivity contribution is -0.384. The number of hydrogen-bond donors (Lipinski definition) is 2. The normalized spacial score (nSPS) is 12.3. The number of nitro benzene ring substituents is 1. The molecule has 2 aromatic rings. The Morgan fingerprint density at radius 3 is 2.33 bits per heavy atom. The fourth-order valence-electron chi connectivity index (χ4n) is 2.44. The quantitative estimate of drug-likeness (QED) is 0.640. The smallest absolute Gasteiger partial charge is 0.319 e. The van der Waals surface area contributed by atoms with Crippen LogP contribution in [-0.2, 0) is 0 Å². The first kappa shape index (κ1) is 17.5. The number of rotatable bonds is 4. The van der Waals surface area contributed by atoms with E-state index in [0.29, 0.717) is 5.69 Å². The lowest BCUT2D eigenvalue weighted by atomic mass is 9.82. The van der Waals surface area contributed by atoms with E-state index in [2.05, 4.69) is 10.6 Å². The van der Waals surface area contributed by atoms with Gasteiger partial charge in [-0.3, -0.25) is 10.1 Å². The molecule has 0 saturated heterocycles. The Labute approximate surface area is 141 Å². The lowest BCUT2D eigenvalue weighted by Gasteiger charge is -2.32. The zero-order valence-electron chi connectivity index (χ0n) is 13.9. The molecule has 1 atom stereocenters. The molecular formula is C18H21N3O3. The Hall–Kier alpha value is -2.89. The SMILES string of the molecule is CC(C)(C)[C@@H](NC(=O)Nc1cccc([N+](=O)[O-])c1)c1ccccc1. The number of nitrogens with one attached hydrogen (secondary N) is 2. The van der Waals surface area contributed by atoms with E-state index in [-0.39, 0.29) is 17.1 Å². The number of benzene rings is 2. The van der Waals surface area contributed by atoms with Gasteiger partial charge in [-0.2, -0.15) is 0 Å². The van der Waals surface area contributed by atoms with Gasteiger partial charge in [-0.15, -0.1) is 0 Å². The molecule has 0 radical (unpaired) electrons. The van der Waals surface area contributed by atoms with Gasteiger partial charge in [-0.25, -0.2) is 4.79 Å². The van der Waals surface area contributed by atoms with Crippen molar-refractivity contribution in [3.63, 3.8) is 0 Å². The highest BCUT2D eigenvalue weighted by Gasteiger charge is 2.27. The van der Waals surface area contributed by atoms with Crippen molar-refractivity contribution in [3.8, 4) is 0 Å². The average Bonchev–Trinajstić information content (AvgIpc) is 2.52. The predicted molar refractivity (Wildman–Crippen MR) is 93.9 cm³/mol. The minimum Gasteiger partial charge on any atom is -0.331 e. The molecule has 0 aliphatic heterocycles. The Morgan fingerprint density at radius 1 is 1.08 bits per heavy atom. The maximum Gasteiger partial charge on any atom is 0.319 e. The van der Waals surface area contributed by atoms with Gasteiger partial charge >= 0.3 is 6.03 Å². The minimum atomic E-state index is -0.495. The number of amides is 2. The van der Waals surface area contributed by atoms with Gasteiger partial charge in [0.15, 0.2) is 0 Å². The molecule has 6 nitrogen and oxygen atoms in total. The summed E-state index contributed by atoms with van der Waals surface area (Å²) in [6.45, 7) is 6.12. The number of nitrogens with zero attached hydrogens (tertiary/aromatic N) is 1. The second-order valence-electron chi connectivity index (χ2n) is 6.62. The minimum absolute atomic E-state index is 0.0665. The van der Waals surface area contributed by atoms with Crippen molar-refractivity contribution in [2.24, 2.45) is 5.41 Å². The fourth-order valence-corrected chi connectivity index (χ4v) is 2.44. The van der Waals surface area contributed by atoms with Crippen molar-refractivity contribution in [3.05, 3.63) is 70.3 Å². The highest BCUT2D eigenvalue weighted by atomic mass is 16.6. The van der Waals surface area contributed by atoms with Crippen LogP contribution in [0, 0.1) is 15.5 Å². The monoisotopic (exact) mass is 327 g/mol. The molecule has 6 heteroatoms. The highest BCUT2D eigenvalue weighted by molar-refractivity contribution is 5.89. The number of nitro groups is 1. The maximum absolute atomic E-state index is 12.3. The number of non-ortho nitro benzene ring substituents is 1. The van der Waals surface area contributed by atoms with Crippen LogP contribution in [0.25, 0.3) is 0 Å². The van der Waals surface area contributed by atoms with Gasteiger partial charge < -0.3 is 10.6 Å². The van der Waals surface area contributed by atoms with Crippen LogP contribution in [0.15, 0.2) is 54.6 Å². The van der Waals surface area contributed by atoms with Crippen LogP contribution in [0.1, 0.15) is 32.4 Å². The Kier molecular flexibility index (Phi) is 5.18. The van der Waals surface area contributed by atoms with Crippen molar-refractivity contribution in [1.29, 1.82) is 0 Å². The molecule has 0 aliphatic rings. The van der Waals surface area contributed by atoms with E-state index in [9.17, 15) is 14.9 Å². The number of hydrogen-bond acceptors (Lipinski definition) is 3. The molecule has 0 saturated carbocycles. The molecule has 0 fully saturated rings. The summed E-state index contributed by atoms with van der Waals surface area (Å²) in [6.07, 6.45) is 0. The third-order valence-corrected chi connectivity index (χ3v) is 3.59. The summed E-state index contributed by atoms with van der Waals surface area (Å²) >= 11 is 0. The first-order valence-electron chi connectivity index (χ1n) is 7.64. The summed E-state index contributed by atoms with van der Waals surface area (Å²) in [4.78, 5) is 22.6. The number of anilines is 1. The van der Waals surface area contributed by atoms with Crippen LogP contribution in [0.4, 0.5) is 16.2 Å². The molecule has 0 heterocycles. The first-order chi connectivity index (χ1) is 11.3. The Morgan fingerprint density at radius 2 is 1.75 bits per heavy atom. The summed E-state index contributed by atoms with van der Waals surface area (Å²) in [5.41, 5.74) is 1.12. The van der Waals surface area contributed by atoms with E-state index in [4.69, 9.17) is 0 Å². The lowest BCUT2D eigenvalue weighted by Crippen LogP contribution is -2.39. The van der Waals surface area contributed by atoms with Crippen molar-refractivity contribution in [2.45, 2.75) is 26.8 Å². The second kappa shape index (κ2) is 7.12. The van der Waals surface area contributed by atoms with Crippen molar-refractivity contribution >= 4 is 17.4 Å². The predicted octanol–water partition coefficient (Wildman–Crippen LogP) is 4.50. The van der Waals surface area contributed by atoms with Crippen molar-refractivity contribution in [2.75, 3.05) is 5.32 Å². The topological polar surface area (TPSA) is 84.3 Å². The van der Waals surface area contributed by atoms with Gasteiger partial charge in [0, 0.05) is 17.8 Å². The number of carbonyl (C=O) groups is 1. The summed E-state index contributed by atoms with van der Waals surface area (Å²) in [5, 5.41) is 16.4. The summed E-state index contributed by atoms with van der Waals surface area (Å²) in [6, 6.07) is 14.9. The van der Waals surface area contributed by atoms with E-state index in [1.165, 1.54) is 18.2 Å². The zero-order chi connectivity index (χ0) is 17.7. The van der Waals surface area contributed by atoms with Crippen LogP contribution < -0.4 is 10.6 Å². The van der Waals surface area contributed by atoms with Crippen molar-refractivity contribution < 1.29 is 9.72 Å². The van der Waals surface area contributed by atoms with Gasteiger partial charge in [0.25, 0.3) is 5.69 Å².